The van der Waals surface area contributed by atoms with Crippen LogP contribution in [0.2, 0.25) is 0 Å². The predicted octanol–water partition coefficient (Wildman–Crippen LogP) is 9.51. The number of hydrogen-bond acceptors (Lipinski definition) is 3. The highest BCUT2D eigenvalue weighted by Gasteiger charge is 2.18. The van der Waals surface area contributed by atoms with Crippen LogP contribution in [-0.2, 0) is 6.61 Å². The molecule has 4 aromatic rings. The van der Waals surface area contributed by atoms with Crippen molar-refractivity contribution in [1.29, 1.82) is 0 Å². The first kappa shape index (κ1) is 29.0. The maximum atomic E-state index is 14.9. The summed E-state index contributed by atoms with van der Waals surface area (Å²) in [6, 6.07) is 19.1. The molecule has 7 heteroatoms. The van der Waals surface area contributed by atoms with Crippen LogP contribution in [0.15, 0.2) is 72.8 Å². The van der Waals surface area contributed by atoms with E-state index in [9.17, 15) is 17.6 Å². The van der Waals surface area contributed by atoms with Gasteiger partial charge in [0.1, 0.15) is 12.4 Å². The molecule has 0 aliphatic carbocycles. The lowest BCUT2D eigenvalue weighted by molar-refractivity contribution is 0.285. The van der Waals surface area contributed by atoms with Gasteiger partial charge in [-0.15, -0.1) is 0 Å². The fourth-order valence-corrected chi connectivity index (χ4v) is 4.07. The van der Waals surface area contributed by atoms with Gasteiger partial charge in [0.15, 0.2) is 23.1 Å². The van der Waals surface area contributed by atoms with Crippen LogP contribution in [0.25, 0.3) is 22.3 Å². The summed E-state index contributed by atoms with van der Waals surface area (Å²) < 4.78 is 75.3. The number of ether oxygens (including phenoxy) is 3. The van der Waals surface area contributed by atoms with Crippen molar-refractivity contribution >= 4 is 0 Å². The normalized spacial score (nSPS) is 10.9. The SMILES string of the molecule is CCCCOc1ccc(-c2ccc(OCc3ccc(-c4ccc(OCCCC)c(F)c4F)cc3)c(F)c2F)cc1. The zero-order valence-corrected chi connectivity index (χ0v) is 22.6. The molecule has 3 nitrogen and oxygen atoms in total. The molecule has 4 rings (SSSR count). The highest BCUT2D eigenvalue weighted by molar-refractivity contribution is 5.67. The number of unbranched alkanes of at least 4 members (excludes halogenated alkanes) is 2. The Labute approximate surface area is 232 Å². The summed E-state index contributed by atoms with van der Waals surface area (Å²) in [6.07, 6.45) is 3.59. The molecule has 0 bridgehead atoms. The van der Waals surface area contributed by atoms with Gasteiger partial charge in [0.2, 0.25) is 11.6 Å². The minimum Gasteiger partial charge on any atom is -0.494 e. The largest absolute Gasteiger partial charge is 0.494 e. The van der Waals surface area contributed by atoms with Gasteiger partial charge in [0, 0.05) is 11.1 Å². The average molecular weight is 553 g/mol. The molecule has 0 atom stereocenters. The van der Waals surface area contributed by atoms with Gasteiger partial charge in [-0.05, 0) is 65.9 Å². The second kappa shape index (κ2) is 13.9. The van der Waals surface area contributed by atoms with Crippen molar-refractivity contribution in [3.63, 3.8) is 0 Å². The van der Waals surface area contributed by atoms with E-state index in [1.54, 1.807) is 48.5 Å². The van der Waals surface area contributed by atoms with E-state index in [1.807, 2.05) is 6.92 Å². The molecule has 0 fully saturated rings. The molecule has 40 heavy (non-hydrogen) atoms. The molecule has 0 radical (unpaired) electrons. The lowest BCUT2D eigenvalue weighted by atomic mass is 10.0. The second-order valence-corrected chi connectivity index (χ2v) is 9.39. The molecular weight excluding hydrogens is 520 g/mol. The number of hydrogen-bond donors (Lipinski definition) is 0. The minimum atomic E-state index is -1.09. The molecule has 0 N–H and O–H groups in total. The zero-order valence-electron chi connectivity index (χ0n) is 22.6. The van der Waals surface area contributed by atoms with Crippen LogP contribution in [0.3, 0.4) is 0 Å². The first-order valence-electron chi connectivity index (χ1n) is 13.5. The number of halogens is 4. The Morgan fingerprint density at radius 1 is 0.500 bits per heavy atom. The molecule has 4 aromatic carbocycles. The van der Waals surface area contributed by atoms with Gasteiger partial charge in [-0.3, -0.25) is 0 Å². The van der Waals surface area contributed by atoms with E-state index in [0.29, 0.717) is 35.7 Å². The lowest BCUT2D eigenvalue weighted by Crippen LogP contribution is -2.02. The van der Waals surface area contributed by atoms with Gasteiger partial charge < -0.3 is 14.2 Å². The number of rotatable bonds is 13. The van der Waals surface area contributed by atoms with Crippen LogP contribution in [-0.4, -0.2) is 13.2 Å². The summed E-state index contributed by atoms with van der Waals surface area (Å²) in [5, 5.41) is 0. The maximum Gasteiger partial charge on any atom is 0.201 e. The van der Waals surface area contributed by atoms with E-state index in [0.717, 1.165) is 25.7 Å². The van der Waals surface area contributed by atoms with Crippen LogP contribution >= 0.6 is 0 Å². The summed E-state index contributed by atoms with van der Waals surface area (Å²) in [6.45, 7) is 4.93. The van der Waals surface area contributed by atoms with Crippen LogP contribution in [0.4, 0.5) is 17.6 Å². The van der Waals surface area contributed by atoms with Gasteiger partial charge in [-0.2, -0.15) is 8.78 Å². The smallest absolute Gasteiger partial charge is 0.201 e. The first-order chi connectivity index (χ1) is 19.4. The predicted molar refractivity (Wildman–Crippen MR) is 149 cm³/mol. The second-order valence-electron chi connectivity index (χ2n) is 9.39. The monoisotopic (exact) mass is 552 g/mol. The topological polar surface area (TPSA) is 27.7 Å². The van der Waals surface area contributed by atoms with Crippen molar-refractivity contribution in [2.75, 3.05) is 13.2 Å². The molecule has 0 saturated heterocycles. The Hall–Kier alpha value is -4.00. The van der Waals surface area contributed by atoms with Crippen LogP contribution < -0.4 is 14.2 Å². The number of benzene rings is 4. The van der Waals surface area contributed by atoms with E-state index in [2.05, 4.69) is 6.92 Å². The Morgan fingerprint density at radius 2 is 0.975 bits per heavy atom. The average Bonchev–Trinajstić information content (AvgIpc) is 2.97. The van der Waals surface area contributed by atoms with Crippen LogP contribution in [0, 0.1) is 23.3 Å². The third kappa shape index (κ3) is 6.95. The van der Waals surface area contributed by atoms with Gasteiger partial charge >= 0.3 is 0 Å². The van der Waals surface area contributed by atoms with Gasteiger partial charge in [0.25, 0.3) is 0 Å². The molecule has 210 valence electrons. The third-order valence-corrected chi connectivity index (χ3v) is 6.44. The highest BCUT2D eigenvalue weighted by Crippen LogP contribution is 2.32. The van der Waals surface area contributed by atoms with E-state index in [1.165, 1.54) is 24.3 Å². The third-order valence-electron chi connectivity index (χ3n) is 6.44. The first-order valence-corrected chi connectivity index (χ1v) is 13.5. The molecule has 0 amide bonds. The van der Waals surface area contributed by atoms with Crippen molar-refractivity contribution in [2.45, 2.75) is 46.1 Å². The lowest BCUT2D eigenvalue weighted by Gasteiger charge is -2.12. The molecule has 0 aromatic heterocycles. The maximum absolute atomic E-state index is 14.9. The molecule has 0 unspecified atom stereocenters. The molecular formula is C33H32F4O3. The molecule has 0 spiro atoms. The highest BCUT2D eigenvalue weighted by atomic mass is 19.2. The molecule has 0 heterocycles. The standard InChI is InChI=1S/C33H32F4O3/c1-3-5-19-38-25-13-11-24(12-14-25)27-16-18-29(33(37)31(27)35)40-21-22-7-9-23(10-8-22)26-15-17-28(32(36)30(26)34)39-20-6-4-2/h7-18H,3-6,19-21H2,1-2H3. The van der Waals surface area contributed by atoms with Crippen molar-refractivity contribution in [2.24, 2.45) is 0 Å². The summed E-state index contributed by atoms with van der Waals surface area (Å²) in [7, 11) is 0. The summed E-state index contributed by atoms with van der Waals surface area (Å²) in [5.41, 5.74) is 1.84. The Morgan fingerprint density at radius 3 is 1.50 bits per heavy atom. The van der Waals surface area contributed by atoms with E-state index < -0.39 is 23.3 Å². The van der Waals surface area contributed by atoms with Crippen molar-refractivity contribution in [3.8, 4) is 39.5 Å². The summed E-state index contributed by atoms with van der Waals surface area (Å²) >= 11 is 0. The fourth-order valence-electron chi connectivity index (χ4n) is 4.07. The van der Waals surface area contributed by atoms with Gasteiger partial charge in [0.05, 0.1) is 13.2 Å². The van der Waals surface area contributed by atoms with E-state index in [4.69, 9.17) is 14.2 Å². The quantitative estimate of drug-likeness (QED) is 0.122. The van der Waals surface area contributed by atoms with Crippen LogP contribution in [0.1, 0.15) is 45.1 Å². The van der Waals surface area contributed by atoms with Crippen molar-refractivity contribution < 1.29 is 31.8 Å². The summed E-state index contributed by atoms with van der Waals surface area (Å²) in [5.74, 6) is -3.79. The van der Waals surface area contributed by atoms with Crippen LogP contribution in [0.5, 0.6) is 17.2 Å². The molecule has 0 saturated carbocycles. The fraction of sp³-hybridized carbons (Fsp3) is 0.273. The van der Waals surface area contributed by atoms with Gasteiger partial charge in [-0.25, -0.2) is 8.78 Å². The van der Waals surface area contributed by atoms with E-state index in [-0.39, 0.29) is 29.2 Å². The van der Waals surface area contributed by atoms with Crippen molar-refractivity contribution in [1.82, 2.24) is 0 Å². The molecule has 0 aliphatic heterocycles. The van der Waals surface area contributed by atoms with Crippen molar-refractivity contribution in [3.05, 3.63) is 102 Å². The van der Waals surface area contributed by atoms with Gasteiger partial charge in [-0.1, -0.05) is 63.1 Å². The Bertz CT molecular complexity index is 1400. The minimum absolute atomic E-state index is 0.0408. The van der Waals surface area contributed by atoms with E-state index >= 15 is 0 Å². The Kier molecular flexibility index (Phi) is 10.1. The summed E-state index contributed by atoms with van der Waals surface area (Å²) in [4.78, 5) is 0. The Balaban J connectivity index is 1.40. The molecule has 0 aliphatic rings. The zero-order chi connectivity index (χ0) is 28.5.